The number of aliphatic hydroxyl groups excluding tert-OH is 2. The zero-order valence-electron chi connectivity index (χ0n) is 6.76. The first kappa shape index (κ1) is 18.7. The Morgan fingerprint density at radius 2 is 1.17 bits per heavy atom. The summed E-state index contributed by atoms with van der Waals surface area (Å²) in [5.41, 5.74) is 0. The molecule has 4 N–H and O–H groups in total. The average molecular weight is 220 g/mol. The molecule has 0 amide bonds. The summed E-state index contributed by atoms with van der Waals surface area (Å²) in [7, 11) is 0. The Balaban J connectivity index is -0.000000135. The Morgan fingerprint density at radius 1 is 1.00 bits per heavy atom. The summed E-state index contributed by atoms with van der Waals surface area (Å²) >= 11 is 0. The number of hydrogen-bond donors (Lipinski definition) is 4. The molecular weight excluding hydrogens is 210 g/mol. The first-order valence-corrected chi connectivity index (χ1v) is 2.28. The Labute approximate surface area is 123 Å². The molecular formula is C4H10AlKO6. The normalized spacial score (nSPS) is 13.2. The fourth-order valence-electron chi connectivity index (χ4n) is 0.270. The van der Waals surface area contributed by atoms with E-state index in [1.165, 1.54) is 0 Å². The van der Waals surface area contributed by atoms with E-state index in [-0.39, 0.29) is 70.2 Å². The van der Waals surface area contributed by atoms with Gasteiger partial charge in [-0.25, -0.2) is 9.59 Å². The van der Waals surface area contributed by atoms with E-state index >= 15 is 0 Å². The molecule has 0 aromatic carbocycles. The molecule has 0 radical (unpaired) electrons. The molecule has 0 fully saturated rings. The fraction of sp³-hybridized carbons (Fsp3) is 0.500. The molecule has 0 bridgehead atoms. The number of rotatable bonds is 3. The van der Waals surface area contributed by atoms with E-state index in [2.05, 4.69) is 0 Å². The fourth-order valence-corrected chi connectivity index (χ4v) is 0.270. The van der Waals surface area contributed by atoms with Gasteiger partial charge in [-0.15, -0.1) is 0 Å². The van der Waals surface area contributed by atoms with Gasteiger partial charge >= 0.3 is 63.3 Å². The predicted molar refractivity (Wildman–Crippen MR) is 38.3 cm³/mol. The van der Waals surface area contributed by atoms with Crippen molar-refractivity contribution in [3.05, 3.63) is 0 Å². The van der Waals surface area contributed by atoms with Crippen molar-refractivity contribution in [1.82, 2.24) is 0 Å². The summed E-state index contributed by atoms with van der Waals surface area (Å²) in [5, 5.41) is 32.5. The molecule has 0 aromatic heterocycles. The van der Waals surface area contributed by atoms with E-state index in [0.29, 0.717) is 0 Å². The average Bonchev–Trinajstić information content (AvgIpc) is 1.84. The van der Waals surface area contributed by atoms with Crippen LogP contribution in [0.4, 0.5) is 0 Å². The van der Waals surface area contributed by atoms with E-state index in [1.807, 2.05) is 0 Å². The smallest absolute Gasteiger partial charge is 1.00 e. The SMILES string of the molecule is O=C(O)C(O)C(O)C(=O)O.[AlH3].[H-].[K+]. The number of carboxylic acids is 2. The van der Waals surface area contributed by atoms with E-state index < -0.39 is 24.1 Å². The first-order chi connectivity index (χ1) is 4.46. The van der Waals surface area contributed by atoms with Gasteiger partial charge in [0.1, 0.15) is 0 Å². The van der Waals surface area contributed by atoms with Crippen molar-refractivity contribution in [3.8, 4) is 0 Å². The molecule has 0 saturated heterocycles. The minimum absolute atomic E-state index is 0. The summed E-state index contributed by atoms with van der Waals surface area (Å²) in [6.45, 7) is 0. The van der Waals surface area contributed by atoms with Gasteiger partial charge < -0.3 is 21.9 Å². The van der Waals surface area contributed by atoms with E-state index in [4.69, 9.17) is 20.4 Å². The van der Waals surface area contributed by atoms with Crippen molar-refractivity contribution in [2.45, 2.75) is 12.2 Å². The number of aliphatic carboxylic acids is 2. The molecule has 2 unspecified atom stereocenters. The Hall–Kier alpha value is 1.03. The topological polar surface area (TPSA) is 115 Å². The molecule has 0 aliphatic rings. The maximum absolute atomic E-state index is 9.77. The van der Waals surface area contributed by atoms with Crippen LogP contribution in [0.1, 0.15) is 1.43 Å². The zero-order valence-corrected chi connectivity index (χ0v) is 8.88. The molecule has 0 aromatic rings. The second kappa shape index (κ2) is 8.62. The Bertz CT molecular complexity index is 149. The Morgan fingerprint density at radius 3 is 1.25 bits per heavy atom. The second-order valence-corrected chi connectivity index (χ2v) is 1.57. The van der Waals surface area contributed by atoms with Gasteiger partial charge in [-0.2, -0.15) is 0 Å². The van der Waals surface area contributed by atoms with Gasteiger partial charge in [-0.05, 0) is 0 Å². The van der Waals surface area contributed by atoms with Crippen molar-refractivity contribution in [1.29, 1.82) is 0 Å². The molecule has 0 aliphatic carbocycles. The third-order valence-corrected chi connectivity index (χ3v) is 0.805. The van der Waals surface area contributed by atoms with E-state index in [1.54, 1.807) is 0 Å². The first-order valence-electron chi connectivity index (χ1n) is 2.28. The van der Waals surface area contributed by atoms with Crippen molar-refractivity contribution in [2.24, 2.45) is 0 Å². The van der Waals surface area contributed by atoms with Gasteiger partial charge in [-0.1, -0.05) is 0 Å². The number of aliphatic hydroxyl groups is 2. The van der Waals surface area contributed by atoms with Crippen LogP contribution in [-0.2, 0) is 9.59 Å². The maximum Gasteiger partial charge on any atom is 1.00 e. The van der Waals surface area contributed by atoms with E-state index in [9.17, 15) is 9.59 Å². The minimum atomic E-state index is -2.27. The molecule has 6 nitrogen and oxygen atoms in total. The summed E-state index contributed by atoms with van der Waals surface area (Å²) in [6, 6.07) is 0. The Kier molecular flexibility index (Phi) is 13.5. The van der Waals surface area contributed by atoms with Crippen molar-refractivity contribution in [2.75, 3.05) is 0 Å². The standard InChI is InChI=1S/C4H6O6.Al.K.4H/c5-1(3(7)8)2(6)4(9)10;;;;;;/h1-2,5-6H,(H,7,8)(H,9,10);;;;;;/q;;+1;;;;-1. The maximum atomic E-state index is 9.77. The van der Waals surface area contributed by atoms with Gasteiger partial charge in [-0.3, -0.25) is 0 Å². The summed E-state index contributed by atoms with van der Waals surface area (Å²) in [5.74, 6) is -3.54. The van der Waals surface area contributed by atoms with Crippen molar-refractivity contribution in [3.63, 3.8) is 0 Å². The van der Waals surface area contributed by atoms with Crippen LogP contribution in [0.5, 0.6) is 0 Å². The summed E-state index contributed by atoms with van der Waals surface area (Å²) in [6.07, 6.45) is -4.53. The molecule has 0 saturated carbocycles. The molecule has 2 atom stereocenters. The van der Waals surface area contributed by atoms with Crippen LogP contribution < -0.4 is 51.4 Å². The third-order valence-electron chi connectivity index (χ3n) is 0.805. The van der Waals surface area contributed by atoms with Crippen LogP contribution in [0.2, 0.25) is 0 Å². The molecule has 0 aliphatic heterocycles. The second-order valence-electron chi connectivity index (χ2n) is 1.57. The van der Waals surface area contributed by atoms with Gasteiger partial charge in [0.25, 0.3) is 0 Å². The van der Waals surface area contributed by atoms with Gasteiger partial charge in [0, 0.05) is 0 Å². The summed E-state index contributed by atoms with van der Waals surface area (Å²) < 4.78 is 0. The van der Waals surface area contributed by atoms with Crippen LogP contribution in [-0.4, -0.2) is 61.9 Å². The van der Waals surface area contributed by atoms with Crippen molar-refractivity contribution < 1.29 is 82.8 Å². The minimum Gasteiger partial charge on any atom is -1.00 e. The van der Waals surface area contributed by atoms with Crippen LogP contribution >= 0.6 is 0 Å². The zero-order chi connectivity index (χ0) is 8.31. The molecule has 0 heterocycles. The summed E-state index contributed by atoms with van der Waals surface area (Å²) in [4.78, 5) is 19.5. The van der Waals surface area contributed by atoms with Crippen molar-refractivity contribution >= 4 is 29.3 Å². The molecule has 66 valence electrons. The van der Waals surface area contributed by atoms with Crippen LogP contribution in [0.15, 0.2) is 0 Å². The van der Waals surface area contributed by atoms with Gasteiger partial charge in [0.15, 0.2) is 29.6 Å². The predicted octanol–water partition coefficient (Wildman–Crippen LogP) is -6.19. The van der Waals surface area contributed by atoms with Gasteiger partial charge in [0.05, 0.1) is 0 Å². The van der Waals surface area contributed by atoms with E-state index in [0.717, 1.165) is 0 Å². The largest absolute Gasteiger partial charge is 1.00 e. The number of hydrogen-bond acceptors (Lipinski definition) is 4. The molecule has 12 heavy (non-hydrogen) atoms. The molecule has 8 heteroatoms. The molecule has 0 spiro atoms. The molecule has 0 rings (SSSR count). The van der Waals surface area contributed by atoms with Gasteiger partial charge in [0.2, 0.25) is 0 Å². The quantitative estimate of drug-likeness (QED) is 0.352. The van der Waals surface area contributed by atoms with Crippen LogP contribution in [0, 0.1) is 0 Å². The third kappa shape index (κ3) is 6.53. The monoisotopic (exact) mass is 220 g/mol. The number of carbonyl (C=O) groups is 2. The number of carboxylic acid groups (broad SMARTS) is 2. The van der Waals surface area contributed by atoms with Crippen LogP contribution in [0.25, 0.3) is 0 Å². The van der Waals surface area contributed by atoms with Crippen LogP contribution in [0.3, 0.4) is 0 Å².